The van der Waals surface area contributed by atoms with Crippen LogP contribution in [0.1, 0.15) is 25.3 Å². The highest BCUT2D eigenvalue weighted by atomic mass is 35.5. The number of nitrogens with two attached hydrogens (primary N) is 1. The average molecular weight is 170 g/mol. The van der Waals surface area contributed by atoms with Gasteiger partial charge in [0.2, 0.25) is 0 Å². The van der Waals surface area contributed by atoms with Gasteiger partial charge in [-0.2, -0.15) is 0 Å². The van der Waals surface area contributed by atoms with Crippen LogP contribution >= 0.6 is 11.6 Å². The van der Waals surface area contributed by atoms with Gasteiger partial charge in [0.25, 0.3) is 0 Å². The van der Waals surface area contributed by atoms with Gasteiger partial charge in [-0.3, -0.25) is 0 Å². The number of benzene rings is 1. The average Bonchev–Trinajstić information content (AvgIpc) is 1.85. The van der Waals surface area contributed by atoms with Crippen molar-refractivity contribution in [3.05, 3.63) is 28.8 Å². The molecule has 0 saturated heterocycles. The van der Waals surface area contributed by atoms with Crippen LogP contribution in [0.3, 0.4) is 0 Å². The maximum atomic E-state index is 5.74. The first-order chi connectivity index (χ1) is 5.11. The summed E-state index contributed by atoms with van der Waals surface area (Å²) in [6.45, 7) is 4.22. The van der Waals surface area contributed by atoms with E-state index >= 15 is 0 Å². The number of nitrogen functional groups attached to an aromatic ring is 1. The molecule has 1 rings (SSSR count). The van der Waals surface area contributed by atoms with Crippen LogP contribution in [-0.4, -0.2) is 0 Å². The first kappa shape index (κ1) is 8.41. The third kappa shape index (κ3) is 1.87. The van der Waals surface area contributed by atoms with Crippen LogP contribution in [0.15, 0.2) is 18.2 Å². The van der Waals surface area contributed by atoms with Crippen LogP contribution in [0.4, 0.5) is 5.69 Å². The Balaban J connectivity index is 3.09. The molecule has 60 valence electrons. The lowest BCUT2D eigenvalue weighted by atomic mass is 10.0. The lowest BCUT2D eigenvalue weighted by molar-refractivity contribution is 0.870. The Morgan fingerprint density at radius 1 is 1.36 bits per heavy atom. The second kappa shape index (κ2) is 3.14. The first-order valence-electron chi connectivity index (χ1n) is 3.66. The predicted molar refractivity (Wildman–Crippen MR) is 50.0 cm³/mol. The van der Waals surface area contributed by atoms with Crippen LogP contribution in [0, 0.1) is 0 Å². The van der Waals surface area contributed by atoms with E-state index in [1.54, 1.807) is 6.07 Å². The third-order valence-electron chi connectivity index (χ3n) is 1.67. The number of anilines is 1. The van der Waals surface area contributed by atoms with Gasteiger partial charge in [-0.05, 0) is 23.6 Å². The van der Waals surface area contributed by atoms with E-state index < -0.39 is 0 Å². The van der Waals surface area contributed by atoms with Crippen LogP contribution in [0.2, 0.25) is 5.02 Å². The van der Waals surface area contributed by atoms with Crippen molar-refractivity contribution < 1.29 is 0 Å². The van der Waals surface area contributed by atoms with Gasteiger partial charge in [-0.1, -0.05) is 31.5 Å². The van der Waals surface area contributed by atoms with Crippen molar-refractivity contribution in [3.8, 4) is 0 Å². The molecule has 0 unspecified atom stereocenters. The minimum absolute atomic E-state index is 0.465. The quantitative estimate of drug-likeness (QED) is 0.643. The lowest BCUT2D eigenvalue weighted by Gasteiger charge is -2.08. The molecule has 0 bridgehead atoms. The molecule has 0 aliphatic rings. The first-order valence-corrected chi connectivity index (χ1v) is 4.04. The van der Waals surface area contributed by atoms with Crippen molar-refractivity contribution in [1.29, 1.82) is 0 Å². The summed E-state index contributed by atoms with van der Waals surface area (Å²) < 4.78 is 0. The van der Waals surface area contributed by atoms with Crippen molar-refractivity contribution in [2.45, 2.75) is 19.8 Å². The Hall–Kier alpha value is -0.690. The van der Waals surface area contributed by atoms with E-state index in [9.17, 15) is 0 Å². The third-order valence-corrected chi connectivity index (χ3v) is 1.91. The molecular formula is C9H12ClN. The lowest BCUT2D eigenvalue weighted by Crippen LogP contribution is -1.95. The molecule has 0 fully saturated rings. The molecule has 2 heteroatoms. The van der Waals surface area contributed by atoms with E-state index in [2.05, 4.69) is 13.8 Å². The fourth-order valence-corrected chi connectivity index (χ4v) is 1.25. The maximum absolute atomic E-state index is 5.74. The zero-order valence-corrected chi connectivity index (χ0v) is 7.52. The Bertz CT molecular complexity index is 256. The summed E-state index contributed by atoms with van der Waals surface area (Å²) in [7, 11) is 0. The molecule has 0 heterocycles. The van der Waals surface area contributed by atoms with Gasteiger partial charge < -0.3 is 5.73 Å². The molecule has 0 aromatic heterocycles. The van der Waals surface area contributed by atoms with E-state index in [4.69, 9.17) is 17.3 Å². The van der Waals surface area contributed by atoms with E-state index in [0.29, 0.717) is 10.9 Å². The summed E-state index contributed by atoms with van der Waals surface area (Å²) in [4.78, 5) is 0. The molecule has 0 amide bonds. The van der Waals surface area contributed by atoms with E-state index in [0.717, 1.165) is 11.3 Å². The summed E-state index contributed by atoms with van der Waals surface area (Å²) >= 11 is 5.74. The molecule has 11 heavy (non-hydrogen) atoms. The second-order valence-corrected chi connectivity index (χ2v) is 3.36. The maximum Gasteiger partial charge on any atom is 0.0426 e. The van der Waals surface area contributed by atoms with E-state index in [1.807, 2.05) is 12.1 Å². The zero-order chi connectivity index (χ0) is 8.43. The fourth-order valence-electron chi connectivity index (χ4n) is 1.07. The van der Waals surface area contributed by atoms with Gasteiger partial charge in [0, 0.05) is 10.7 Å². The summed E-state index contributed by atoms with van der Waals surface area (Å²) in [5.41, 5.74) is 7.68. The van der Waals surface area contributed by atoms with Gasteiger partial charge in [0.05, 0.1) is 0 Å². The number of hydrogen-bond donors (Lipinski definition) is 1. The number of rotatable bonds is 1. The Morgan fingerprint density at radius 3 is 2.45 bits per heavy atom. The molecule has 2 N–H and O–H groups in total. The number of halogens is 1. The summed E-state index contributed by atoms with van der Waals surface area (Å²) in [5, 5.41) is 0.701. The van der Waals surface area contributed by atoms with Crippen molar-refractivity contribution in [2.75, 3.05) is 5.73 Å². The Labute approximate surface area is 72.2 Å². The zero-order valence-electron chi connectivity index (χ0n) is 6.76. The summed E-state index contributed by atoms with van der Waals surface area (Å²) in [6.07, 6.45) is 0. The SMILES string of the molecule is CC(C)c1ccc(Cl)cc1N. The van der Waals surface area contributed by atoms with Crippen LogP contribution < -0.4 is 5.73 Å². The van der Waals surface area contributed by atoms with Crippen LogP contribution in [0.5, 0.6) is 0 Å². The topological polar surface area (TPSA) is 26.0 Å². The van der Waals surface area contributed by atoms with Crippen LogP contribution in [-0.2, 0) is 0 Å². The summed E-state index contributed by atoms with van der Waals surface area (Å²) in [6, 6.07) is 5.63. The molecule has 0 aliphatic heterocycles. The molecule has 1 nitrogen and oxygen atoms in total. The van der Waals surface area contributed by atoms with Gasteiger partial charge in [0.1, 0.15) is 0 Å². The van der Waals surface area contributed by atoms with Gasteiger partial charge in [0.15, 0.2) is 0 Å². The highest BCUT2D eigenvalue weighted by Crippen LogP contribution is 2.24. The summed E-state index contributed by atoms with van der Waals surface area (Å²) in [5.74, 6) is 0.465. The van der Waals surface area contributed by atoms with Crippen molar-refractivity contribution in [3.63, 3.8) is 0 Å². The molecule has 0 aliphatic carbocycles. The van der Waals surface area contributed by atoms with Crippen molar-refractivity contribution in [2.24, 2.45) is 0 Å². The minimum Gasteiger partial charge on any atom is -0.398 e. The molecule has 0 saturated carbocycles. The van der Waals surface area contributed by atoms with E-state index in [-0.39, 0.29) is 0 Å². The normalized spacial score (nSPS) is 10.5. The smallest absolute Gasteiger partial charge is 0.0426 e. The second-order valence-electron chi connectivity index (χ2n) is 2.93. The molecule has 0 radical (unpaired) electrons. The molecule has 1 aromatic rings. The van der Waals surface area contributed by atoms with Crippen LogP contribution in [0.25, 0.3) is 0 Å². The Morgan fingerprint density at radius 2 is 2.00 bits per heavy atom. The van der Waals surface area contributed by atoms with Gasteiger partial charge >= 0.3 is 0 Å². The molecular weight excluding hydrogens is 158 g/mol. The fraction of sp³-hybridized carbons (Fsp3) is 0.333. The Kier molecular flexibility index (Phi) is 2.40. The number of hydrogen-bond acceptors (Lipinski definition) is 1. The predicted octanol–water partition coefficient (Wildman–Crippen LogP) is 3.05. The van der Waals surface area contributed by atoms with E-state index in [1.165, 1.54) is 0 Å². The largest absolute Gasteiger partial charge is 0.398 e. The monoisotopic (exact) mass is 169 g/mol. The minimum atomic E-state index is 0.465. The van der Waals surface area contributed by atoms with Crippen molar-refractivity contribution in [1.82, 2.24) is 0 Å². The van der Waals surface area contributed by atoms with Crippen molar-refractivity contribution >= 4 is 17.3 Å². The molecule has 0 atom stereocenters. The standard InChI is InChI=1S/C9H12ClN/c1-6(2)8-4-3-7(10)5-9(8)11/h3-6H,11H2,1-2H3. The molecule has 0 spiro atoms. The van der Waals surface area contributed by atoms with Gasteiger partial charge in [-0.15, -0.1) is 0 Å². The highest BCUT2D eigenvalue weighted by molar-refractivity contribution is 6.30. The molecule has 1 aromatic carbocycles. The highest BCUT2D eigenvalue weighted by Gasteiger charge is 2.02. The van der Waals surface area contributed by atoms with Gasteiger partial charge in [-0.25, -0.2) is 0 Å².